The van der Waals surface area contributed by atoms with Crippen molar-refractivity contribution in [3.63, 3.8) is 0 Å². The molecule has 11 heteroatoms. The van der Waals surface area contributed by atoms with Gasteiger partial charge < -0.3 is 34.1 Å². The Hall–Kier alpha value is -5.00. The molecule has 4 saturated heterocycles. The number of piperidine rings is 2. The number of rotatable bonds is 4. The fraction of sp³-hybridized carbons (Fsp3) is 0.671. The minimum Gasteiger partial charge on any atom is -0.445 e. The second kappa shape index (κ2) is 22.6. The maximum Gasteiger partial charge on any atom is 0.410 e. The van der Waals surface area contributed by atoms with Gasteiger partial charge in [-0.2, -0.15) is 0 Å². The number of fused-ring (bicyclic) bond motifs is 12. The standard InChI is InChI=1S/C37H50N2O3.C36H48N2O4/c1-23-17-33-34(39(21-23)35(40)41-22-26-9-7-6-8-10-26)25(3)37(42-33)16-14-29-30-12-11-27-18-28(38-5)13-15-36(27,4)32(30)19-31(29)24(2)20-37;1-22-16-31-33(38(20-22)34(40)41-21-25-8-6-5-7-9-25)24(3)36(42-31)15-12-27-28-11-10-26-19-37-32(39)13-14-35(26,4)30(28)17-29(27)23(2)18-36/h6-10,13,15,23,25,27,29-30,32-34H,11-12,14,16-22H2,1-5H3;5-9,13-14,22,24,26-28,30-31,33H,10-12,15-21H2,1-4H3,(H,37,39)/t23-,25+,27+,29-,30-,32-,33+,34-,36-,37-;22-,24+,26+,27-,28-,30-,31+,33-,35-,36-/m00/s1. The molecule has 7 aliphatic carbocycles. The molecule has 14 rings (SSSR count). The quantitative estimate of drug-likeness (QED) is 0.303. The number of allylic oxidation sites excluding steroid dienone is 5. The Morgan fingerprint density at radius 3 is 1.58 bits per heavy atom. The zero-order valence-corrected chi connectivity index (χ0v) is 52.2. The van der Waals surface area contributed by atoms with E-state index in [1.54, 1.807) is 22.8 Å². The molecule has 20 atom stereocenters. The summed E-state index contributed by atoms with van der Waals surface area (Å²) >= 11 is 0. The molecule has 2 aromatic carbocycles. The van der Waals surface area contributed by atoms with Crippen LogP contribution in [0.2, 0.25) is 0 Å². The Morgan fingerprint density at radius 2 is 1.10 bits per heavy atom. The van der Waals surface area contributed by atoms with Gasteiger partial charge in [-0.15, -0.1) is 0 Å². The van der Waals surface area contributed by atoms with Crippen LogP contribution < -0.4 is 5.32 Å². The van der Waals surface area contributed by atoms with Gasteiger partial charge in [0.25, 0.3) is 0 Å². The van der Waals surface area contributed by atoms with E-state index < -0.39 is 0 Å². The molecule has 0 radical (unpaired) electrons. The van der Waals surface area contributed by atoms with Crippen LogP contribution in [0.1, 0.15) is 163 Å². The summed E-state index contributed by atoms with van der Waals surface area (Å²) in [5.74, 6) is 6.72. The number of likely N-dealkylation sites (tertiary alicyclic amines) is 2. The summed E-state index contributed by atoms with van der Waals surface area (Å²) in [7, 11) is 1.95. The molecule has 0 aromatic heterocycles. The van der Waals surface area contributed by atoms with E-state index in [4.69, 9.17) is 18.9 Å². The molecular formula is C73H98N4O7. The van der Waals surface area contributed by atoms with Crippen LogP contribution in [-0.4, -0.2) is 95.8 Å². The van der Waals surface area contributed by atoms with Gasteiger partial charge >= 0.3 is 12.2 Å². The molecular weight excluding hydrogens is 1040 g/mol. The van der Waals surface area contributed by atoms with E-state index in [9.17, 15) is 14.4 Å². The monoisotopic (exact) mass is 1140 g/mol. The first-order valence-corrected chi connectivity index (χ1v) is 33.2. The molecule has 0 unspecified atom stereocenters. The molecule has 5 aliphatic heterocycles. The van der Waals surface area contributed by atoms with Crippen LogP contribution in [0, 0.1) is 81.8 Å². The molecule has 452 valence electrons. The number of hydrogen-bond acceptors (Lipinski definition) is 8. The van der Waals surface area contributed by atoms with Gasteiger partial charge in [-0.25, -0.2) is 9.59 Å². The van der Waals surface area contributed by atoms with Gasteiger partial charge in [-0.1, -0.05) is 137 Å². The Bertz CT molecular complexity index is 2990. The van der Waals surface area contributed by atoms with E-state index in [2.05, 4.69) is 83.9 Å². The number of amides is 3. The van der Waals surface area contributed by atoms with Crippen molar-refractivity contribution in [2.24, 2.45) is 86.8 Å². The molecule has 0 bridgehead atoms. The average molecular weight is 1140 g/mol. The molecule has 5 heterocycles. The summed E-state index contributed by atoms with van der Waals surface area (Å²) in [6, 6.07) is 20.1. The van der Waals surface area contributed by atoms with Gasteiger partial charge in [0, 0.05) is 44.2 Å². The van der Waals surface area contributed by atoms with Crippen LogP contribution in [0.4, 0.5) is 9.59 Å². The molecule has 3 amide bonds. The average Bonchev–Trinajstić information content (AvgIpc) is 1.79. The lowest BCUT2D eigenvalue weighted by Gasteiger charge is -2.50. The Balaban J connectivity index is 0.000000157. The van der Waals surface area contributed by atoms with Gasteiger partial charge in [-0.3, -0.25) is 9.79 Å². The third-order valence-electron chi connectivity index (χ3n) is 25.5. The van der Waals surface area contributed by atoms with E-state index >= 15 is 0 Å². The number of ether oxygens (including phenoxy) is 4. The fourth-order valence-electron chi connectivity index (χ4n) is 21.0. The third-order valence-corrected chi connectivity index (χ3v) is 25.5. The van der Waals surface area contributed by atoms with Gasteiger partial charge in [0.1, 0.15) is 13.2 Å². The number of carbonyl (C=O) groups is 3. The van der Waals surface area contributed by atoms with E-state index in [0.29, 0.717) is 54.6 Å². The number of carbonyl (C=O) groups excluding carboxylic acids is 3. The smallest absolute Gasteiger partial charge is 0.410 e. The molecule has 4 saturated carbocycles. The van der Waals surface area contributed by atoms with E-state index in [-0.39, 0.29) is 76.3 Å². The molecule has 84 heavy (non-hydrogen) atoms. The summed E-state index contributed by atoms with van der Waals surface area (Å²) < 4.78 is 26.1. The first-order chi connectivity index (χ1) is 40.4. The van der Waals surface area contributed by atoms with E-state index in [0.717, 1.165) is 106 Å². The Morgan fingerprint density at radius 1 is 0.631 bits per heavy atom. The van der Waals surface area contributed by atoms with Crippen molar-refractivity contribution < 1.29 is 33.3 Å². The maximum atomic E-state index is 13.5. The van der Waals surface area contributed by atoms with Crippen molar-refractivity contribution in [1.82, 2.24) is 15.1 Å². The lowest BCUT2D eigenvalue weighted by Crippen LogP contribution is -2.54. The maximum absolute atomic E-state index is 13.5. The minimum absolute atomic E-state index is 0.0588. The zero-order valence-electron chi connectivity index (χ0n) is 52.2. The summed E-state index contributed by atoms with van der Waals surface area (Å²) in [4.78, 5) is 47.9. The van der Waals surface area contributed by atoms with Gasteiger partial charge in [0.15, 0.2) is 0 Å². The van der Waals surface area contributed by atoms with Crippen molar-refractivity contribution in [3.05, 3.63) is 118 Å². The molecule has 2 spiro atoms. The highest BCUT2D eigenvalue weighted by Crippen LogP contribution is 2.66. The second-order valence-electron chi connectivity index (χ2n) is 29.9. The van der Waals surface area contributed by atoms with Crippen molar-refractivity contribution in [2.45, 2.75) is 200 Å². The predicted molar refractivity (Wildman–Crippen MR) is 330 cm³/mol. The summed E-state index contributed by atoms with van der Waals surface area (Å²) in [5, 5.41) is 3.13. The first kappa shape index (κ1) is 58.0. The second-order valence-corrected chi connectivity index (χ2v) is 29.9. The van der Waals surface area contributed by atoms with Crippen molar-refractivity contribution in [3.8, 4) is 0 Å². The van der Waals surface area contributed by atoms with E-state index in [1.807, 2.05) is 77.5 Å². The largest absolute Gasteiger partial charge is 0.445 e. The molecule has 11 nitrogen and oxygen atoms in total. The zero-order chi connectivity index (χ0) is 58.5. The number of nitrogens with one attached hydrogen (secondary N) is 1. The van der Waals surface area contributed by atoms with Crippen molar-refractivity contribution in [2.75, 3.05) is 26.7 Å². The van der Waals surface area contributed by atoms with Gasteiger partial charge in [-0.05, 0) is 203 Å². The highest BCUT2D eigenvalue weighted by Gasteiger charge is 2.63. The Labute approximate surface area is 502 Å². The number of aliphatic imine (C=N–C) groups is 1. The van der Waals surface area contributed by atoms with Crippen LogP contribution in [0.25, 0.3) is 0 Å². The summed E-state index contributed by atoms with van der Waals surface area (Å²) in [6.07, 6.45) is 25.9. The van der Waals surface area contributed by atoms with E-state index in [1.165, 1.54) is 49.8 Å². The molecule has 12 aliphatic rings. The predicted octanol–water partition coefficient (Wildman–Crippen LogP) is 14.7. The lowest BCUT2D eigenvalue weighted by molar-refractivity contribution is -0.116. The fourth-order valence-corrected chi connectivity index (χ4v) is 21.0. The Kier molecular flexibility index (Phi) is 15.6. The molecule has 8 fully saturated rings. The van der Waals surface area contributed by atoms with Crippen LogP contribution in [-0.2, 0) is 37.0 Å². The number of benzene rings is 2. The number of hydrogen-bond donors (Lipinski definition) is 1. The highest BCUT2D eigenvalue weighted by molar-refractivity contribution is 5.96. The minimum atomic E-state index is -0.228. The van der Waals surface area contributed by atoms with Gasteiger partial charge in [0.05, 0.1) is 35.5 Å². The third kappa shape index (κ3) is 10.1. The molecule has 2 aromatic rings. The number of nitrogens with zero attached hydrogens (tertiary/aromatic N) is 3. The van der Waals surface area contributed by atoms with Crippen LogP contribution in [0.3, 0.4) is 0 Å². The van der Waals surface area contributed by atoms with Crippen LogP contribution >= 0.6 is 0 Å². The summed E-state index contributed by atoms with van der Waals surface area (Å²) in [5.41, 5.74) is 9.81. The normalized spacial score (nSPS) is 43.1. The summed E-state index contributed by atoms with van der Waals surface area (Å²) in [6.45, 7) is 21.9. The SMILES string of the molecule is CC1=C2C[C@H]3[C@@H](CC[C@@H]4CNC(=O)C=C[C@@]43C)[C@@H]2CC[C@@]2(C1)O[C@@H]1C[C@H](C)CN(C(=O)OCc3ccccc3)[C@H]1[C@H]2C.CN=C1C=C[C@@]2(C)[C@H](CC[C@H]3[C@@H]4CC[C@@]5(CC(C)=C4C[C@@H]32)O[C@@H]2C[C@H](C)CN(C(=O)OCc3ccccc3)[C@H]2[C@H]5C)C1. The van der Waals surface area contributed by atoms with Crippen LogP contribution in [0.15, 0.2) is 112 Å². The highest BCUT2D eigenvalue weighted by atomic mass is 16.6. The lowest BCUT2D eigenvalue weighted by atomic mass is 9.54. The van der Waals surface area contributed by atoms with Crippen molar-refractivity contribution >= 4 is 23.8 Å². The first-order valence-electron chi connectivity index (χ1n) is 33.2. The van der Waals surface area contributed by atoms with Crippen molar-refractivity contribution in [1.29, 1.82) is 0 Å². The van der Waals surface area contributed by atoms with Gasteiger partial charge in [0.2, 0.25) is 5.91 Å². The van der Waals surface area contributed by atoms with Crippen LogP contribution in [0.5, 0.6) is 0 Å². The molecule has 1 N–H and O–H groups in total. The topological polar surface area (TPSA) is 119 Å².